The Labute approximate surface area is 114 Å². The van der Waals surface area contributed by atoms with Crippen molar-refractivity contribution in [2.75, 3.05) is 6.54 Å². The summed E-state index contributed by atoms with van der Waals surface area (Å²) in [6, 6.07) is 12.1. The van der Waals surface area contributed by atoms with Crippen LogP contribution < -0.4 is 10.9 Å². The third-order valence-electron chi connectivity index (χ3n) is 3.45. The first-order valence-corrected chi connectivity index (χ1v) is 7.04. The van der Waals surface area contributed by atoms with Crippen LogP contribution in [0.5, 0.6) is 0 Å². The van der Waals surface area contributed by atoms with Crippen LogP contribution in [0.1, 0.15) is 26.7 Å². The molecule has 2 rings (SSSR count). The van der Waals surface area contributed by atoms with E-state index < -0.39 is 0 Å². The number of para-hydroxylation sites is 1. The second kappa shape index (κ2) is 6.53. The Balaban J connectivity index is 2.12. The molecule has 0 aliphatic rings. The highest BCUT2D eigenvalue weighted by Crippen LogP contribution is 2.10. The number of hydrogen-bond donors (Lipinski definition) is 1. The van der Waals surface area contributed by atoms with Crippen molar-refractivity contribution in [3.8, 4) is 0 Å². The van der Waals surface area contributed by atoms with Gasteiger partial charge in [-0.1, -0.05) is 31.5 Å². The predicted octanol–water partition coefficient (Wildman–Crippen LogP) is 2.78. The molecule has 0 spiro atoms. The van der Waals surface area contributed by atoms with Crippen molar-refractivity contribution >= 4 is 10.9 Å². The maximum atomic E-state index is 12.0. The monoisotopic (exact) mass is 258 g/mol. The van der Waals surface area contributed by atoms with Crippen LogP contribution in [0.15, 0.2) is 41.2 Å². The van der Waals surface area contributed by atoms with Crippen LogP contribution in [0, 0.1) is 0 Å². The summed E-state index contributed by atoms with van der Waals surface area (Å²) in [6.45, 7) is 5.92. The van der Waals surface area contributed by atoms with Gasteiger partial charge >= 0.3 is 0 Å². The molecule has 1 aromatic carbocycles. The summed E-state index contributed by atoms with van der Waals surface area (Å²) in [5, 5.41) is 4.58. The van der Waals surface area contributed by atoms with Crippen LogP contribution in [-0.4, -0.2) is 17.2 Å². The van der Waals surface area contributed by atoms with E-state index in [-0.39, 0.29) is 5.56 Å². The van der Waals surface area contributed by atoms with Gasteiger partial charge in [0.1, 0.15) is 0 Å². The summed E-state index contributed by atoms with van der Waals surface area (Å²) in [6.07, 6.45) is 2.35. The number of pyridine rings is 1. The Hall–Kier alpha value is -1.61. The minimum Gasteiger partial charge on any atom is -0.312 e. The molecule has 0 fully saturated rings. The fourth-order valence-electron chi connectivity index (χ4n) is 2.43. The van der Waals surface area contributed by atoms with Gasteiger partial charge in [-0.05, 0) is 30.9 Å². The first kappa shape index (κ1) is 13.8. The highest BCUT2D eigenvalue weighted by Gasteiger charge is 2.03. The molecule has 1 heterocycles. The van der Waals surface area contributed by atoms with Crippen molar-refractivity contribution in [1.82, 2.24) is 9.88 Å². The molecule has 19 heavy (non-hydrogen) atoms. The highest BCUT2D eigenvalue weighted by atomic mass is 16.1. The number of rotatable bonds is 6. The molecule has 0 saturated heterocycles. The molecule has 1 aromatic heterocycles. The summed E-state index contributed by atoms with van der Waals surface area (Å²) in [7, 11) is 0. The Morgan fingerprint density at radius 1 is 1.21 bits per heavy atom. The zero-order valence-corrected chi connectivity index (χ0v) is 11.7. The van der Waals surface area contributed by atoms with Crippen LogP contribution in [0.25, 0.3) is 10.9 Å². The van der Waals surface area contributed by atoms with E-state index >= 15 is 0 Å². The predicted molar refractivity (Wildman–Crippen MR) is 80.6 cm³/mol. The summed E-state index contributed by atoms with van der Waals surface area (Å²) in [5.74, 6) is 0. The number of fused-ring (bicyclic) bond motifs is 1. The lowest BCUT2D eigenvalue weighted by atomic mass is 10.2. The van der Waals surface area contributed by atoms with E-state index in [1.54, 1.807) is 6.07 Å². The normalized spacial score (nSPS) is 12.7. The minimum absolute atomic E-state index is 0.0728. The number of benzene rings is 1. The van der Waals surface area contributed by atoms with Crippen molar-refractivity contribution in [3.05, 3.63) is 46.8 Å². The van der Waals surface area contributed by atoms with Crippen LogP contribution in [-0.2, 0) is 6.54 Å². The molecular formula is C16H22N2O. The van der Waals surface area contributed by atoms with Crippen molar-refractivity contribution in [1.29, 1.82) is 0 Å². The Morgan fingerprint density at radius 3 is 2.79 bits per heavy atom. The quantitative estimate of drug-likeness (QED) is 0.864. The Kier molecular flexibility index (Phi) is 4.74. The molecule has 3 nitrogen and oxygen atoms in total. The lowest BCUT2D eigenvalue weighted by Crippen LogP contribution is -2.32. The lowest BCUT2D eigenvalue weighted by molar-refractivity contribution is 0.486. The molecule has 0 radical (unpaired) electrons. The highest BCUT2D eigenvalue weighted by molar-refractivity contribution is 5.78. The fraction of sp³-hybridized carbons (Fsp3) is 0.438. The van der Waals surface area contributed by atoms with Crippen LogP contribution in [0.2, 0.25) is 0 Å². The third-order valence-corrected chi connectivity index (χ3v) is 3.45. The van der Waals surface area contributed by atoms with E-state index in [2.05, 4.69) is 19.2 Å². The first-order valence-electron chi connectivity index (χ1n) is 7.04. The number of hydrogen-bond acceptors (Lipinski definition) is 2. The Morgan fingerprint density at radius 2 is 2.00 bits per heavy atom. The van der Waals surface area contributed by atoms with E-state index in [1.165, 1.54) is 12.8 Å². The van der Waals surface area contributed by atoms with Crippen LogP contribution >= 0.6 is 0 Å². The van der Waals surface area contributed by atoms with Gasteiger partial charge in [0.25, 0.3) is 5.56 Å². The summed E-state index contributed by atoms with van der Waals surface area (Å²) in [5.41, 5.74) is 1.09. The second-order valence-corrected chi connectivity index (χ2v) is 5.03. The number of nitrogens with one attached hydrogen (secondary N) is 1. The van der Waals surface area contributed by atoms with Crippen molar-refractivity contribution in [3.63, 3.8) is 0 Å². The van der Waals surface area contributed by atoms with Crippen molar-refractivity contribution < 1.29 is 0 Å². The molecule has 0 aliphatic heterocycles. The van der Waals surface area contributed by atoms with Crippen molar-refractivity contribution in [2.24, 2.45) is 0 Å². The number of aromatic nitrogens is 1. The largest absolute Gasteiger partial charge is 0.312 e. The first-order chi connectivity index (χ1) is 9.22. The van der Waals surface area contributed by atoms with Crippen LogP contribution in [0.3, 0.4) is 0 Å². The van der Waals surface area contributed by atoms with Gasteiger partial charge in [0, 0.05) is 25.2 Å². The summed E-state index contributed by atoms with van der Waals surface area (Å²) >= 11 is 0. The summed E-state index contributed by atoms with van der Waals surface area (Å²) in [4.78, 5) is 12.0. The van der Waals surface area contributed by atoms with Crippen molar-refractivity contribution in [2.45, 2.75) is 39.3 Å². The van der Waals surface area contributed by atoms with Gasteiger partial charge in [-0.3, -0.25) is 4.79 Å². The molecule has 0 aliphatic carbocycles. The molecule has 1 atom stereocenters. The van der Waals surface area contributed by atoms with E-state index in [4.69, 9.17) is 0 Å². The SMILES string of the molecule is CCCC(C)NCCn1c(=O)ccc2ccccc21. The van der Waals surface area contributed by atoms with Gasteiger partial charge < -0.3 is 9.88 Å². The smallest absolute Gasteiger partial charge is 0.251 e. The topological polar surface area (TPSA) is 34.0 Å². The average Bonchev–Trinajstić information content (AvgIpc) is 2.41. The fourth-order valence-corrected chi connectivity index (χ4v) is 2.43. The molecule has 0 saturated carbocycles. The molecular weight excluding hydrogens is 236 g/mol. The molecule has 1 N–H and O–H groups in total. The molecule has 2 aromatic rings. The maximum Gasteiger partial charge on any atom is 0.251 e. The third kappa shape index (κ3) is 3.44. The van der Waals surface area contributed by atoms with Gasteiger partial charge in [0.05, 0.1) is 5.52 Å². The molecule has 0 bridgehead atoms. The standard InChI is InChI=1S/C16H22N2O/c1-3-6-13(2)17-11-12-18-15-8-5-4-7-14(15)9-10-16(18)19/h4-5,7-10,13,17H,3,6,11-12H2,1-2H3. The second-order valence-electron chi connectivity index (χ2n) is 5.03. The van der Waals surface area contributed by atoms with Gasteiger partial charge in [-0.2, -0.15) is 0 Å². The van der Waals surface area contributed by atoms with Gasteiger partial charge in [-0.15, -0.1) is 0 Å². The van der Waals surface area contributed by atoms with Gasteiger partial charge in [0.2, 0.25) is 0 Å². The van der Waals surface area contributed by atoms with Gasteiger partial charge in [-0.25, -0.2) is 0 Å². The van der Waals surface area contributed by atoms with E-state index in [0.29, 0.717) is 12.6 Å². The molecule has 102 valence electrons. The van der Waals surface area contributed by atoms with E-state index in [1.807, 2.05) is 34.9 Å². The van der Waals surface area contributed by atoms with Gasteiger partial charge in [0.15, 0.2) is 0 Å². The molecule has 3 heteroatoms. The van der Waals surface area contributed by atoms with E-state index in [0.717, 1.165) is 17.4 Å². The average molecular weight is 258 g/mol. The molecule has 1 unspecified atom stereocenters. The zero-order valence-electron chi connectivity index (χ0n) is 11.7. The zero-order chi connectivity index (χ0) is 13.7. The van der Waals surface area contributed by atoms with E-state index in [9.17, 15) is 4.79 Å². The number of nitrogens with zero attached hydrogens (tertiary/aromatic N) is 1. The minimum atomic E-state index is 0.0728. The molecule has 0 amide bonds. The van der Waals surface area contributed by atoms with Crippen LogP contribution in [0.4, 0.5) is 0 Å². The summed E-state index contributed by atoms with van der Waals surface area (Å²) < 4.78 is 1.85. The maximum absolute atomic E-state index is 12.0. The Bertz CT molecular complexity index is 589. The lowest BCUT2D eigenvalue weighted by Gasteiger charge is -2.14.